The number of ether oxygens (including phenoxy) is 2. The quantitative estimate of drug-likeness (QED) is 0.628. The lowest BCUT2D eigenvalue weighted by atomic mass is 10.2. The van der Waals surface area contributed by atoms with Gasteiger partial charge in [-0.3, -0.25) is 14.6 Å². The number of nitrogens with one attached hydrogen (secondary N) is 1. The summed E-state index contributed by atoms with van der Waals surface area (Å²) in [6, 6.07) is 6.97. The van der Waals surface area contributed by atoms with E-state index in [1.54, 1.807) is 14.2 Å². The average molecular weight is 498 g/mol. The van der Waals surface area contributed by atoms with Crippen LogP contribution in [0.1, 0.15) is 12.0 Å². The van der Waals surface area contributed by atoms with Crippen LogP contribution in [0.2, 0.25) is 0 Å². The van der Waals surface area contributed by atoms with E-state index in [1.807, 2.05) is 17.0 Å². The van der Waals surface area contributed by atoms with Crippen molar-refractivity contribution in [2.24, 2.45) is 0 Å². The highest BCUT2D eigenvalue weighted by molar-refractivity contribution is 9.10. The number of rotatable bonds is 7. The molecule has 1 aliphatic rings. The van der Waals surface area contributed by atoms with Gasteiger partial charge in [0.15, 0.2) is 11.5 Å². The van der Waals surface area contributed by atoms with Crippen LogP contribution in [0.4, 0.5) is 14.5 Å². The van der Waals surface area contributed by atoms with Gasteiger partial charge in [-0.15, -0.1) is 0 Å². The summed E-state index contributed by atoms with van der Waals surface area (Å²) in [4.78, 5) is 16.7. The molecule has 6 nitrogen and oxygen atoms in total. The molecule has 1 heterocycles. The first-order valence-corrected chi connectivity index (χ1v) is 10.8. The Labute approximate surface area is 189 Å². The fraction of sp³-hybridized carbons (Fsp3) is 0.409. The van der Waals surface area contributed by atoms with Crippen LogP contribution in [0.15, 0.2) is 34.8 Å². The van der Waals surface area contributed by atoms with Crippen LogP contribution in [-0.2, 0) is 11.3 Å². The van der Waals surface area contributed by atoms with Crippen molar-refractivity contribution in [1.29, 1.82) is 0 Å². The van der Waals surface area contributed by atoms with Crippen LogP contribution in [0.25, 0.3) is 0 Å². The molecule has 0 radical (unpaired) electrons. The minimum Gasteiger partial charge on any atom is -0.493 e. The molecule has 0 aromatic heterocycles. The van der Waals surface area contributed by atoms with Gasteiger partial charge in [-0.25, -0.2) is 8.78 Å². The lowest BCUT2D eigenvalue weighted by Gasteiger charge is -2.22. The van der Waals surface area contributed by atoms with Crippen LogP contribution in [0.3, 0.4) is 0 Å². The second-order valence-electron chi connectivity index (χ2n) is 7.38. The third-order valence-corrected chi connectivity index (χ3v) is 5.94. The highest BCUT2D eigenvalue weighted by Crippen LogP contribution is 2.34. The minimum absolute atomic E-state index is 0.0128. The zero-order chi connectivity index (χ0) is 22.4. The van der Waals surface area contributed by atoms with Gasteiger partial charge in [-0.05, 0) is 49.3 Å². The Hall–Kier alpha value is -2.23. The van der Waals surface area contributed by atoms with E-state index in [1.165, 1.54) is 6.07 Å². The molecule has 0 bridgehead atoms. The molecule has 1 saturated heterocycles. The normalized spacial score (nSPS) is 15.4. The lowest BCUT2D eigenvalue weighted by molar-refractivity contribution is -0.117. The van der Waals surface area contributed by atoms with Gasteiger partial charge in [0.05, 0.1) is 26.5 Å². The summed E-state index contributed by atoms with van der Waals surface area (Å²) < 4.78 is 38.5. The summed E-state index contributed by atoms with van der Waals surface area (Å²) in [6.45, 7) is 4.06. The number of hydrogen-bond acceptors (Lipinski definition) is 5. The maximum atomic E-state index is 13.8. The number of hydrogen-bond donors (Lipinski definition) is 1. The third-order valence-electron chi connectivity index (χ3n) is 5.20. The van der Waals surface area contributed by atoms with E-state index in [0.717, 1.165) is 54.8 Å². The van der Waals surface area contributed by atoms with Crippen LogP contribution >= 0.6 is 15.9 Å². The average Bonchev–Trinajstić information content (AvgIpc) is 2.96. The monoisotopic (exact) mass is 497 g/mol. The van der Waals surface area contributed by atoms with Gasteiger partial charge in [0.1, 0.15) is 11.6 Å². The second-order valence-corrected chi connectivity index (χ2v) is 8.23. The Morgan fingerprint density at radius 3 is 2.42 bits per heavy atom. The van der Waals surface area contributed by atoms with E-state index in [4.69, 9.17) is 9.47 Å². The van der Waals surface area contributed by atoms with E-state index in [0.29, 0.717) is 18.0 Å². The summed E-state index contributed by atoms with van der Waals surface area (Å²) >= 11 is 3.60. The van der Waals surface area contributed by atoms with Crippen molar-refractivity contribution < 1.29 is 23.0 Å². The Morgan fingerprint density at radius 2 is 1.71 bits per heavy atom. The molecule has 1 aliphatic heterocycles. The first kappa shape index (κ1) is 23.4. The van der Waals surface area contributed by atoms with Gasteiger partial charge in [-0.2, -0.15) is 0 Å². The van der Waals surface area contributed by atoms with Crippen molar-refractivity contribution in [3.8, 4) is 11.5 Å². The van der Waals surface area contributed by atoms with Crippen molar-refractivity contribution in [2.45, 2.75) is 13.0 Å². The Balaban J connectivity index is 1.55. The molecule has 2 aromatic carbocycles. The van der Waals surface area contributed by atoms with E-state index >= 15 is 0 Å². The molecule has 1 fully saturated rings. The van der Waals surface area contributed by atoms with Gasteiger partial charge in [0, 0.05) is 30.2 Å². The number of anilines is 1. The summed E-state index contributed by atoms with van der Waals surface area (Å²) in [5.41, 5.74) is 1.08. The Kier molecular flexibility index (Phi) is 8.22. The topological polar surface area (TPSA) is 54.0 Å². The van der Waals surface area contributed by atoms with E-state index in [2.05, 4.69) is 26.1 Å². The molecule has 2 aromatic rings. The summed E-state index contributed by atoms with van der Waals surface area (Å²) in [5.74, 6) is -0.424. The zero-order valence-electron chi connectivity index (χ0n) is 17.6. The highest BCUT2D eigenvalue weighted by atomic mass is 79.9. The molecule has 1 N–H and O–H groups in total. The lowest BCUT2D eigenvalue weighted by Crippen LogP contribution is -2.36. The fourth-order valence-corrected chi connectivity index (χ4v) is 4.03. The van der Waals surface area contributed by atoms with Gasteiger partial charge >= 0.3 is 0 Å². The highest BCUT2D eigenvalue weighted by Gasteiger charge is 2.19. The standard InChI is InChI=1S/C22H26BrF2N3O3/c1-30-20-10-15(17(23)12-21(20)31-2)13-27-6-3-7-28(9-8-27)14-22(29)26-19-5-4-16(24)11-18(19)25/h4-5,10-12H,3,6-9,13-14H2,1-2H3,(H,26,29). The van der Waals surface area contributed by atoms with Crippen LogP contribution in [0.5, 0.6) is 11.5 Å². The summed E-state index contributed by atoms with van der Waals surface area (Å²) in [5, 5.41) is 2.52. The number of nitrogens with zero attached hydrogens (tertiary/aromatic N) is 2. The predicted molar refractivity (Wildman–Crippen MR) is 119 cm³/mol. The Bertz CT molecular complexity index is 929. The number of carbonyl (C=O) groups is 1. The number of amides is 1. The van der Waals surface area contributed by atoms with Crippen LogP contribution < -0.4 is 14.8 Å². The number of carbonyl (C=O) groups excluding carboxylic acids is 1. The van der Waals surface area contributed by atoms with Gasteiger partial charge in [0.25, 0.3) is 0 Å². The third kappa shape index (κ3) is 6.38. The maximum Gasteiger partial charge on any atom is 0.238 e. The zero-order valence-corrected chi connectivity index (χ0v) is 19.2. The Morgan fingerprint density at radius 1 is 1.03 bits per heavy atom. The van der Waals surface area contributed by atoms with Crippen molar-refractivity contribution in [3.63, 3.8) is 0 Å². The molecule has 0 spiro atoms. The summed E-state index contributed by atoms with van der Waals surface area (Å²) in [7, 11) is 3.22. The molecule has 0 atom stereocenters. The van der Waals surface area contributed by atoms with E-state index < -0.39 is 11.6 Å². The molecular weight excluding hydrogens is 472 g/mol. The molecule has 31 heavy (non-hydrogen) atoms. The van der Waals surface area contributed by atoms with Crippen molar-refractivity contribution in [2.75, 3.05) is 52.3 Å². The molecule has 9 heteroatoms. The first-order valence-electron chi connectivity index (χ1n) is 9.99. The van der Waals surface area contributed by atoms with Gasteiger partial charge < -0.3 is 14.8 Å². The van der Waals surface area contributed by atoms with Crippen molar-refractivity contribution in [1.82, 2.24) is 9.80 Å². The molecule has 0 aliphatic carbocycles. The van der Waals surface area contributed by atoms with Crippen molar-refractivity contribution in [3.05, 3.63) is 52.0 Å². The van der Waals surface area contributed by atoms with E-state index in [-0.39, 0.29) is 18.1 Å². The van der Waals surface area contributed by atoms with E-state index in [9.17, 15) is 13.6 Å². The fourth-order valence-electron chi connectivity index (χ4n) is 3.58. The number of methoxy groups -OCH3 is 2. The second kappa shape index (κ2) is 10.9. The molecular formula is C22H26BrF2N3O3. The van der Waals surface area contributed by atoms with Crippen LogP contribution in [0, 0.1) is 11.6 Å². The number of halogens is 3. The molecule has 3 rings (SSSR count). The van der Waals surface area contributed by atoms with Crippen LogP contribution in [-0.4, -0.2) is 62.7 Å². The first-order chi connectivity index (χ1) is 14.9. The largest absolute Gasteiger partial charge is 0.493 e. The van der Waals surface area contributed by atoms with Crippen molar-refractivity contribution >= 4 is 27.5 Å². The molecule has 168 valence electrons. The smallest absolute Gasteiger partial charge is 0.238 e. The SMILES string of the molecule is COc1cc(Br)c(CN2CCCN(CC(=O)Nc3ccc(F)cc3F)CC2)cc1OC. The summed E-state index contributed by atoms with van der Waals surface area (Å²) in [6.07, 6.45) is 0.906. The maximum absolute atomic E-state index is 13.8. The predicted octanol–water partition coefficient (Wildman–Crippen LogP) is 3.89. The van der Waals surface area contributed by atoms with Gasteiger partial charge in [0.2, 0.25) is 5.91 Å². The molecule has 0 saturated carbocycles. The molecule has 1 amide bonds. The number of benzene rings is 2. The molecule has 0 unspecified atom stereocenters. The van der Waals surface area contributed by atoms with Gasteiger partial charge in [-0.1, -0.05) is 15.9 Å². The minimum atomic E-state index is -0.782.